The highest BCUT2D eigenvalue weighted by Crippen LogP contribution is 2.22. The number of hydrogen-bond acceptors (Lipinski definition) is 4. The predicted octanol–water partition coefficient (Wildman–Crippen LogP) is 1.68. The van der Waals surface area contributed by atoms with Crippen LogP contribution in [-0.4, -0.2) is 63.2 Å². The molecule has 20 heavy (non-hydrogen) atoms. The fourth-order valence-corrected chi connectivity index (χ4v) is 2.78. The zero-order chi connectivity index (χ0) is 14.5. The van der Waals surface area contributed by atoms with Crippen LogP contribution in [0.4, 0.5) is 0 Å². The number of piperazine rings is 1. The van der Waals surface area contributed by atoms with Crippen molar-refractivity contribution in [2.24, 2.45) is 0 Å². The monoisotopic (exact) mass is 297 g/mol. The number of nitrogens with zero attached hydrogens (tertiary/aromatic N) is 2. The molecule has 1 aliphatic rings. The van der Waals surface area contributed by atoms with Gasteiger partial charge in [0, 0.05) is 49.4 Å². The minimum atomic E-state index is 0.555. The van der Waals surface area contributed by atoms with Crippen molar-refractivity contribution in [3.05, 3.63) is 28.8 Å². The van der Waals surface area contributed by atoms with E-state index in [0.29, 0.717) is 6.04 Å². The quantitative estimate of drug-likeness (QED) is 0.895. The van der Waals surface area contributed by atoms with Crippen molar-refractivity contribution in [1.29, 1.82) is 0 Å². The second kappa shape index (κ2) is 7.27. The third kappa shape index (κ3) is 4.09. The van der Waals surface area contributed by atoms with Gasteiger partial charge < -0.3 is 15.0 Å². The molecule has 112 valence electrons. The Morgan fingerprint density at radius 2 is 2.15 bits per heavy atom. The number of rotatable bonds is 5. The lowest BCUT2D eigenvalue weighted by molar-refractivity contribution is 0.113. The average Bonchev–Trinajstić information content (AvgIpc) is 2.43. The Kier molecular flexibility index (Phi) is 5.66. The van der Waals surface area contributed by atoms with Crippen LogP contribution in [0.2, 0.25) is 5.02 Å². The first-order valence-corrected chi connectivity index (χ1v) is 7.40. The van der Waals surface area contributed by atoms with E-state index in [2.05, 4.69) is 29.2 Å². The van der Waals surface area contributed by atoms with Gasteiger partial charge in [0.2, 0.25) is 0 Å². The van der Waals surface area contributed by atoms with Gasteiger partial charge in [-0.2, -0.15) is 0 Å². The van der Waals surface area contributed by atoms with E-state index < -0.39 is 0 Å². The Morgan fingerprint density at radius 1 is 1.35 bits per heavy atom. The van der Waals surface area contributed by atoms with Crippen molar-refractivity contribution in [2.75, 3.05) is 47.4 Å². The Morgan fingerprint density at radius 3 is 2.90 bits per heavy atom. The minimum absolute atomic E-state index is 0.555. The number of nitrogens with one attached hydrogen (secondary N) is 1. The van der Waals surface area contributed by atoms with Crippen molar-refractivity contribution in [3.63, 3.8) is 0 Å². The SMILES string of the molecule is COc1ccc(Cl)cc1CNCC1CN(C)CCN1C. The first-order valence-electron chi connectivity index (χ1n) is 7.02. The Bertz CT molecular complexity index is 441. The molecule has 2 rings (SSSR count). The molecule has 4 nitrogen and oxygen atoms in total. The van der Waals surface area contributed by atoms with Gasteiger partial charge in [-0.25, -0.2) is 0 Å². The molecule has 5 heteroatoms. The minimum Gasteiger partial charge on any atom is -0.496 e. The van der Waals surface area contributed by atoms with Crippen LogP contribution in [0, 0.1) is 0 Å². The van der Waals surface area contributed by atoms with Gasteiger partial charge in [-0.15, -0.1) is 0 Å². The highest BCUT2D eigenvalue weighted by molar-refractivity contribution is 6.30. The third-order valence-corrected chi connectivity index (χ3v) is 4.15. The molecule has 0 radical (unpaired) electrons. The van der Waals surface area contributed by atoms with Crippen LogP contribution in [0.3, 0.4) is 0 Å². The molecule has 1 saturated heterocycles. The van der Waals surface area contributed by atoms with E-state index in [1.807, 2.05) is 18.2 Å². The average molecular weight is 298 g/mol. The van der Waals surface area contributed by atoms with E-state index in [-0.39, 0.29) is 0 Å². The molecule has 1 aromatic carbocycles. The molecule has 0 spiro atoms. The van der Waals surface area contributed by atoms with Crippen molar-refractivity contribution in [1.82, 2.24) is 15.1 Å². The zero-order valence-corrected chi connectivity index (χ0v) is 13.3. The second-order valence-corrected chi connectivity index (χ2v) is 5.92. The summed E-state index contributed by atoms with van der Waals surface area (Å²) in [4.78, 5) is 4.80. The summed E-state index contributed by atoms with van der Waals surface area (Å²) >= 11 is 6.05. The molecule has 1 atom stereocenters. The Hall–Kier alpha value is -0.810. The van der Waals surface area contributed by atoms with Gasteiger partial charge in [-0.3, -0.25) is 4.90 Å². The van der Waals surface area contributed by atoms with Crippen molar-refractivity contribution >= 4 is 11.6 Å². The molecule has 0 bridgehead atoms. The van der Waals surface area contributed by atoms with Gasteiger partial charge in [-0.05, 0) is 32.3 Å². The lowest BCUT2D eigenvalue weighted by Gasteiger charge is -2.37. The van der Waals surface area contributed by atoms with E-state index in [1.165, 1.54) is 0 Å². The number of benzene rings is 1. The van der Waals surface area contributed by atoms with Crippen LogP contribution in [0.15, 0.2) is 18.2 Å². The Balaban J connectivity index is 1.87. The molecule has 0 saturated carbocycles. The largest absolute Gasteiger partial charge is 0.496 e. The molecule has 1 N–H and O–H groups in total. The third-order valence-electron chi connectivity index (χ3n) is 3.92. The van der Waals surface area contributed by atoms with E-state index >= 15 is 0 Å². The molecule has 1 heterocycles. The molecular formula is C15H24ClN3O. The van der Waals surface area contributed by atoms with Gasteiger partial charge in [-0.1, -0.05) is 11.6 Å². The maximum Gasteiger partial charge on any atom is 0.123 e. The zero-order valence-electron chi connectivity index (χ0n) is 12.5. The topological polar surface area (TPSA) is 27.7 Å². The van der Waals surface area contributed by atoms with E-state index in [1.54, 1.807) is 7.11 Å². The molecule has 0 aliphatic carbocycles. The number of methoxy groups -OCH3 is 1. The fraction of sp³-hybridized carbons (Fsp3) is 0.600. The lowest BCUT2D eigenvalue weighted by Crippen LogP contribution is -2.53. The highest BCUT2D eigenvalue weighted by atomic mass is 35.5. The molecule has 0 aromatic heterocycles. The smallest absolute Gasteiger partial charge is 0.123 e. The summed E-state index contributed by atoms with van der Waals surface area (Å²) in [6.45, 7) is 5.13. The van der Waals surface area contributed by atoms with Gasteiger partial charge in [0.25, 0.3) is 0 Å². The fourth-order valence-electron chi connectivity index (χ4n) is 2.58. The van der Waals surface area contributed by atoms with Gasteiger partial charge >= 0.3 is 0 Å². The van der Waals surface area contributed by atoms with Crippen LogP contribution >= 0.6 is 11.6 Å². The van der Waals surface area contributed by atoms with Gasteiger partial charge in [0.1, 0.15) is 5.75 Å². The summed E-state index contributed by atoms with van der Waals surface area (Å²) in [6, 6.07) is 6.29. The summed E-state index contributed by atoms with van der Waals surface area (Å²) in [7, 11) is 6.07. The van der Waals surface area contributed by atoms with Crippen molar-refractivity contribution < 1.29 is 4.74 Å². The first kappa shape index (κ1) is 15.6. The molecule has 0 amide bonds. The van der Waals surface area contributed by atoms with Crippen LogP contribution < -0.4 is 10.1 Å². The number of hydrogen-bond donors (Lipinski definition) is 1. The van der Waals surface area contributed by atoms with Crippen molar-refractivity contribution in [3.8, 4) is 5.75 Å². The van der Waals surface area contributed by atoms with Gasteiger partial charge in [0.15, 0.2) is 0 Å². The van der Waals surface area contributed by atoms with Crippen LogP contribution in [0.5, 0.6) is 5.75 Å². The van der Waals surface area contributed by atoms with Crippen LogP contribution in [0.25, 0.3) is 0 Å². The molecular weight excluding hydrogens is 274 g/mol. The van der Waals surface area contributed by atoms with E-state index in [9.17, 15) is 0 Å². The summed E-state index contributed by atoms with van der Waals surface area (Å²) in [5.41, 5.74) is 1.10. The summed E-state index contributed by atoms with van der Waals surface area (Å²) in [5.74, 6) is 0.885. The van der Waals surface area contributed by atoms with E-state index in [0.717, 1.165) is 49.1 Å². The normalized spacial score (nSPS) is 21.1. The van der Waals surface area contributed by atoms with E-state index in [4.69, 9.17) is 16.3 Å². The standard InChI is InChI=1S/C15H24ClN3O/c1-18-6-7-19(2)14(11-18)10-17-9-12-8-13(16)4-5-15(12)20-3/h4-5,8,14,17H,6-7,9-11H2,1-3H3. The maximum absolute atomic E-state index is 6.05. The summed E-state index contributed by atoms with van der Waals surface area (Å²) < 4.78 is 5.36. The molecule has 1 unspecified atom stereocenters. The first-order chi connectivity index (χ1) is 9.60. The molecule has 1 aromatic rings. The number of halogens is 1. The maximum atomic E-state index is 6.05. The summed E-state index contributed by atoms with van der Waals surface area (Å²) in [5, 5.41) is 4.26. The van der Waals surface area contributed by atoms with Gasteiger partial charge in [0.05, 0.1) is 7.11 Å². The number of ether oxygens (including phenoxy) is 1. The lowest BCUT2D eigenvalue weighted by atomic mass is 10.1. The Labute approximate surface area is 126 Å². The predicted molar refractivity (Wildman–Crippen MR) is 83.6 cm³/mol. The van der Waals surface area contributed by atoms with Crippen molar-refractivity contribution in [2.45, 2.75) is 12.6 Å². The highest BCUT2D eigenvalue weighted by Gasteiger charge is 2.21. The molecule has 1 fully saturated rings. The molecule has 1 aliphatic heterocycles. The van der Waals surface area contributed by atoms with Crippen LogP contribution in [0.1, 0.15) is 5.56 Å². The van der Waals surface area contributed by atoms with Crippen LogP contribution in [-0.2, 0) is 6.54 Å². The summed E-state index contributed by atoms with van der Waals surface area (Å²) in [6.07, 6.45) is 0. The number of likely N-dealkylation sites (N-methyl/N-ethyl adjacent to an activating group) is 2. The second-order valence-electron chi connectivity index (χ2n) is 5.48.